The summed E-state index contributed by atoms with van der Waals surface area (Å²) >= 11 is 6.05. The average Bonchev–Trinajstić information content (AvgIpc) is 2.94. The number of hydrogen-bond donors (Lipinski definition) is 1. The highest BCUT2D eigenvalue weighted by molar-refractivity contribution is 7.92. The second-order valence-corrected chi connectivity index (χ2v) is 7.19. The summed E-state index contributed by atoms with van der Waals surface area (Å²) in [5, 5.41) is 4.25. The number of para-hydroxylation sites is 1. The third-order valence-electron chi connectivity index (χ3n) is 3.42. The van der Waals surface area contributed by atoms with Crippen molar-refractivity contribution in [1.82, 2.24) is 14.8 Å². The van der Waals surface area contributed by atoms with E-state index in [2.05, 4.69) is 14.8 Å². The summed E-state index contributed by atoms with van der Waals surface area (Å²) in [7, 11) is -2.46. The Morgan fingerprint density at radius 3 is 2.52 bits per heavy atom. The van der Waals surface area contributed by atoms with Crippen molar-refractivity contribution in [2.24, 2.45) is 0 Å². The molecule has 9 heteroatoms. The number of nitrogens with zero attached hydrogens (tertiary/aromatic N) is 3. The van der Waals surface area contributed by atoms with E-state index in [1.807, 2.05) is 30.3 Å². The minimum absolute atomic E-state index is 0.0340. The van der Waals surface area contributed by atoms with E-state index in [9.17, 15) is 8.42 Å². The number of hydrogen-bond acceptors (Lipinski definition) is 5. The third-order valence-corrected chi connectivity index (χ3v) is 5.24. The zero-order valence-electron chi connectivity index (χ0n) is 13.5. The molecule has 3 rings (SSSR count). The molecular formula is C16H15ClN4O3S. The van der Waals surface area contributed by atoms with Crippen LogP contribution in [0.4, 0.5) is 5.95 Å². The number of anilines is 1. The first-order chi connectivity index (χ1) is 11.9. The number of benzene rings is 2. The van der Waals surface area contributed by atoms with Crippen LogP contribution in [0.3, 0.4) is 0 Å². The fraction of sp³-hybridized carbons (Fsp3) is 0.125. The molecule has 0 fully saturated rings. The maximum atomic E-state index is 12.6. The Bertz CT molecular complexity index is 1000. The van der Waals surface area contributed by atoms with Crippen molar-refractivity contribution in [3.05, 3.63) is 59.4 Å². The van der Waals surface area contributed by atoms with Gasteiger partial charge in [-0.2, -0.15) is 4.98 Å². The van der Waals surface area contributed by atoms with Gasteiger partial charge in [0.1, 0.15) is 16.5 Å². The molecule has 25 heavy (non-hydrogen) atoms. The third kappa shape index (κ3) is 3.59. The average molecular weight is 379 g/mol. The van der Waals surface area contributed by atoms with Crippen LogP contribution >= 0.6 is 11.6 Å². The first-order valence-electron chi connectivity index (χ1n) is 7.26. The molecule has 0 radical (unpaired) electrons. The van der Waals surface area contributed by atoms with E-state index in [0.717, 1.165) is 5.69 Å². The molecule has 2 aromatic carbocycles. The van der Waals surface area contributed by atoms with Crippen molar-refractivity contribution in [3.63, 3.8) is 0 Å². The van der Waals surface area contributed by atoms with Crippen LogP contribution in [-0.2, 0) is 10.0 Å². The van der Waals surface area contributed by atoms with Crippen LogP contribution in [0.2, 0.25) is 5.02 Å². The van der Waals surface area contributed by atoms with E-state index in [4.69, 9.17) is 16.3 Å². The maximum absolute atomic E-state index is 12.6. The zero-order chi connectivity index (χ0) is 18.0. The summed E-state index contributed by atoms with van der Waals surface area (Å²) in [5.74, 6) is 0.976. The largest absolute Gasteiger partial charge is 0.497 e. The van der Waals surface area contributed by atoms with Crippen LogP contribution in [0.1, 0.15) is 5.82 Å². The van der Waals surface area contributed by atoms with Gasteiger partial charge in [-0.05, 0) is 31.2 Å². The monoisotopic (exact) mass is 378 g/mol. The molecule has 0 atom stereocenters. The van der Waals surface area contributed by atoms with Crippen molar-refractivity contribution in [1.29, 1.82) is 0 Å². The Morgan fingerprint density at radius 1 is 1.16 bits per heavy atom. The number of rotatable bonds is 5. The van der Waals surface area contributed by atoms with Crippen molar-refractivity contribution in [3.8, 4) is 11.4 Å². The first kappa shape index (κ1) is 17.2. The summed E-state index contributed by atoms with van der Waals surface area (Å²) in [6, 6.07) is 13.6. The fourth-order valence-corrected chi connectivity index (χ4v) is 3.72. The molecule has 0 bridgehead atoms. The van der Waals surface area contributed by atoms with E-state index < -0.39 is 10.0 Å². The number of ether oxygens (including phenoxy) is 1. The summed E-state index contributed by atoms with van der Waals surface area (Å²) < 4.78 is 34.0. The Kier molecular flexibility index (Phi) is 4.65. The molecule has 0 aliphatic carbocycles. The summed E-state index contributed by atoms with van der Waals surface area (Å²) in [6.45, 7) is 1.73. The molecule has 3 aromatic rings. The molecule has 0 saturated carbocycles. The van der Waals surface area contributed by atoms with Gasteiger partial charge >= 0.3 is 0 Å². The SMILES string of the molecule is COc1ccc(S(=O)(=O)Nc2nc(C)n(-c3ccccc3)n2)c(Cl)c1. The highest BCUT2D eigenvalue weighted by Gasteiger charge is 2.21. The van der Waals surface area contributed by atoms with Crippen LogP contribution in [0.25, 0.3) is 5.69 Å². The van der Waals surface area contributed by atoms with E-state index in [-0.39, 0.29) is 15.9 Å². The predicted molar refractivity (Wildman–Crippen MR) is 94.9 cm³/mol. The second kappa shape index (κ2) is 6.73. The predicted octanol–water partition coefficient (Wildman–Crippen LogP) is 3.04. The highest BCUT2D eigenvalue weighted by atomic mass is 35.5. The molecule has 0 aliphatic heterocycles. The normalized spacial score (nSPS) is 11.3. The summed E-state index contributed by atoms with van der Waals surface area (Å²) in [5.41, 5.74) is 0.778. The van der Waals surface area contributed by atoms with Crippen molar-refractivity contribution in [2.75, 3.05) is 11.8 Å². The minimum Gasteiger partial charge on any atom is -0.497 e. The molecule has 1 heterocycles. The lowest BCUT2D eigenvalue weighted by molar-refractivity contribution is 0.414. The van der Waals surface area contributed by atoms with E-state index in [0.29, 0.717) is 11.6 Å². The van der Waals surface area contributed by atoms with Crippen LogP contribution in [0.15, 0.2) is 53.4 Å². The summed E-state index contributed by atoms with van der Waals surface area (Å²) in [4.78, 5) is 4.07. The van der Waals surface area contributed by atoms with Gasteiger partial charge < -0.3 is 4.74 Å². The van der Waals surface area contributed by atoms with Gasteiger partial charge in [0.15, 0.2) is 0 Å². The van der Waals surface area contributed by atoms with Crippen LogP contribution < -0.4 is 9.46 Å². The lowest BCUT2D eigenvalue weighted by atomic mass is 10.3. The second-order valence-electron chi connectivity index (χ2n) is 5.13. The number of aryl methyl sites for hydroxylation is 1. The molecule has 0 aliphatic rings. The standard InChI is InChI=1S/C16H15ClN4O3S/c1-11-18-16(19-21(11)12-6-4-3-5-7-12)20-25(22,23)15-9-8-13(24-2)10-14(15)17/h3-10H,1-2H3,(H,19,20). The Hall–Kier alpha value is -2.58. The van der Waals surface area contributed by atoms with Crippen molar-refractivity contribution < 1.29 is 13.2 Å². The molecule has 130 valence electrons. The number of methoxy groups -OCH3 is 1. The fourth-order valence-electron chi connectivity index (χ4n) is 2.25. The van der Waals surface area contributed by atoms with Gasteiger partial charge in [0, 0.05) is 6.07 Å². The first-order valence-corrected chi connectivity index (χ1v) is 9.12. The van der Waals surface area contributed by atoms with Gasteiger partial charge in [0.25, 0.3) is 16.0 Å². The molecule has 0 spiro atoms. The molecule has 1 N–H and O–H groups in total. The zero-order valence-corrected chi connectivity index (χ0v) is 15.0. The summed E-state index contributed by atoms with van der Waals surface area (Å²) in [6.07, 6.45) is 0. The van der Waals surface area contributed by atoms with E-state index >= 15 is 0 Å². The number of sulfonamides is 1. The van der Waals surface area contributed by atoms with Crippen LogP contribution in [-0.4, -0.2) is 30.3 Å². The number of nitrogens with one attached hydrogen (secondary N) is 1. The molecule has 0 saturated heterocycles. The smallest absolute Gasteiger partial charge is 0.265 e. The van der Waals surface area contributed by atoms with Gasteiger partial charge in [-0.3, -0.25) is 0 Å². The van der Waals surface area contributed by atoms with Gasteiger partial charge in [0.2, 0.25) is 0 Å². The van der Waals surface area contributed by atoms with E-state index in [1.165, 1.54) is 25.3 Å². The Balaban J connectivity index is 1.92. The Labute approximate surface area is 150 Å². The van der Waals surface area contributed by atoms with Crippen LogP contribution in [0.5, 0.6) is 5.75 Å². The van der Waals surface area contributed by atoms with Gasteiger partial charge in [-0.15, -0.1) is 5.10 Å². The molecule has 7 nitrogen and oxygen atoms in total. The minimum atomic E-state index is -3.93. The molecular weight excluding hydrogens is 364 g/mol. The topological polar surface area (TPSA) is 86.1 Å². The molecule has 0 amide bonds. The van der Waals surface area contributed by atoms with Gasteiger partial charge in [-0.25, -0.2) is 17.8 Å². The molecule has 1 aromatic heterocycles. The number of halogens is 1. The quantitative estimate of drug-likeness (QED) is 0.737. The Morgan fingerprint density at radius 2 is 1.88 bits per heavy atom. The maximum Gasteiger partial charge on any atom is 0.265 e. The lowest BCUT2D eigenvalue weighted by Gasteiger charge is -2.08. The number of aromatic nitrogens is 3. The van der Waals surface area contributed by atoms with E-state index in [1.54, 1.807) is 11.6 Å². The van der Waals surface area contributed by atoms with Gasteiger partial charge in [-0.1, -0.05) is 29.8 Å². The van der Waals surface area contributed by atoms with Crippen LogP contribution in [0, 0.1) is 6.92 Å². The highest BCUT2D eigenvalue weighted by Crippen LogP contribution is 2.27. The van der Waals surface area contributed by atoms with Gasteiger partial charge in [0.05, 0.1) is 17.8 Å². The molecule has 0 unspecified atom stereocenters. The van der Waals surface area contributed by atoms with Crippen molar-refractivity contribution >= 4 is 27.6 Å². The lowest BCUT2D eigenvalue weighted by Crippen LogP contribution is -2.14. The van der Waals surface area contributed by atoms with Crippen molar-refractivity contribution in [2.45, 2.75) is 11.8 Å².